The molecule has 1 aromatic carbocycles. The standard InChI is InChI=1S/C13H21N3O2/c1-2-16(10-13(15)17)7-8-18-12-6-4-3-5-11(12)9-14/h3-6H,2,7-10,14H2,1H3,(H2,15,17). The van der Waals surface area contributed by atoms with Gasteiger partial charge >= 0.3 is 0 Å². The minimum absolute atomic E-state index is 0.262. The summed E-state index contributed by atoms with van der Waals surface area (Å²) in [6.45, 7) is 4.64. The van der Waals surface area contributed by atoms with Crippen LogP contribution in [0.2, 0.25) is 0 Å². The van der Waals surface area contributed by atoms with Gasteiger partial charge in [0.25, 0.3) is 0 Å². The summed E-state index contributed by atoms with van der Waals surface area (Å²) in [6, 6.07) is 7.68. The summed E-state index contributed by atoms with van der Waals surface area (Å²) in [5, 5.41) is 0. The molecule has 5 nitrogen and oxygen atoms in total. The number of para-hydroxylation sites is 1. The number of carbonyl (C=O) groups is 1. The molecule has 0 saturated carbocycles. The fourth-order valence-corrected chi connectivity index (χ4v) is 1.67. The van der Waals surface area contributed by atoms with E-state index < -0.39 is 0 Å². The van der Waals surface area contributed by atoms with Crippen molar-refractivity contribution in [2.75, 3.05) is 26.2 Å². The number of ether oxygens (including phenoxy) is 1. The summed E-state index contributed by atoms with van der Waals surface area (Å²) < 4.78 is 5.67. The molecule has 18 heavy (non-hydrogen) atoms. The van der Waals surface area contributed by atoms with Crippen molar-refractivity contribution < 1.29 is 9.53 Å². The van der Waals surface area contributed by atoms with Crippen molar-refractivity contribution in [3.63, 3.8) is 0 Å². The van der Waals surface area contributed by atoms with E-state index in [-0.39, 0.29) is 12.5 Å². The van der Waals surface area contributed by atoms with Crippen molar-refractivity contribution in [1.29, 1.82) is 0 Å². The largest absolute Gasteiger partial charge is 0.492 e. The predicted octanol–water partition coefficient (Wildman–Crippen LogP) is 0.331. The van der Waals surface area contributed by atoms with Crippen LogP contribution in [-0.2, 0) is 11.3 Å². The van der Waals surface area contributed by atoms with Gasteiger partial charge in [0.1, 0.15) is 12.4 Å². The van der Waals surface area contributed by atoms with Crippen LogP contribution < -0.4 is 16.2 Å². The Labute approximate surface area is 108 Å². The first kappa shape index (κ1) is 14.5. The third-order valence-corrected chi connectivity index (χ3v) is 2.68. The number of hydrogen-bond acceptors (Lipinski definition) is 4. The van der Waals surface area contributed by atoms with Gasteiger partial charge in [-0.25, -0.2) is 0 Å². The summed E-state index contributed by atoms with van der Waals surface area (Å²) in [7, 11) is 0. The highest BCUT2D eigenvalue weighted by molar-refractivity contribution is 5.75. The van der Waals surface area contributed by atoms with Gasteiger partial charge in [-0.15, -0.1) is 0 Å². The Kier molecular flexibility index (Phi) is 6.18. The van der Waals surface area contributed by atoms with Crippen LogP contribution in [0.3, 0.4) is 0 Å². The second kappa shape index (κ2) is 7.68. The normalized spacial score (nSPS) is 10.6. The van der Waals surface area contributed by atoms with Crippen LogP contribution in [0.25, 0.3) is 0 Å². The minimum Gasteiger partial charge on any atom is -0.492 e. The Morgan fingerprint density at radius 1 is 1.39 bits per heavy atom. The molecule has 0 bridgehead atoms. The first-order valence-corrected chi connectivity index (χ1v) is 6.08. The number of nitrogens with zero attached hydrogens (tertiary/aromatic N) is 1. The van der Waals surface area contributed by atoms with Crippen LogP contribution in [0.4, 0.5) is 0 Å². The number of likely N-dealkylation sites (N-methyl/N-ethyl adjacent to an activating group) is 1. The van der Waals surface area contributed by atoms with E-state index in [0.29, 0.717) is 19.7 Å². The molecular weight excluding hydrogens is 230 g/mol. The molecule has 0 heterocycles. The van der Waals surface area contributed by atoms with Gasteiger partial charge < -0.3 is 16.2 Å². The average molecular weight is 251 g/mol. The SMILES string of the molecule is CCN(CCOc1ccccc1CN)CC(N)=O. The van der Waals surface area contributed by atoms with E-state index in [1.165, 1.54) is 0 Å². The van der Waals surface area contributed by atoms with E-state index in [2.05, 4.69) is 0 Å². The lowest BCUT2D eigenvalue weighted by Gasteiger charge is -2.19. The topological polar surface area (TPSA) is 81.6 Å². The zero-order valence-electron chi connectivity index (χ0n) is 10.8. The van der Waals surface area contributed by atoms with Gasteiger partial charge in [-0.2, -0.15) is 0 Å². The van der Waals surface area contributed by atoms with E-state index in [9.17, 15) is 4.79 Å². The first-order valence-electron chi connectivity index (χ1n) is 6.08. The van der Waals surface area contributed by atoms with Gasteiger partial charge in [-0.1, -0.05) is 25.1 Å². The van der Waals surface area contributed by atoms with Crippen LogP contribution >= 0.6 is 0 Å². The highest BCUT2D eigenvalue weighted by atomic mass is 16.5. The van der Waals surface area contributed by atoms with Crippen molar-refractivity contribution >= 4 is 5.91 Å². The van der Waals surface area contributed by atoms with Crippen molar-refractivity contribution in [3.05, 3.63) is 29.8 Å². The van der Waals surface area contributed by atoms with E-state index in [1.807, 2.05) is 36.1 Å². The zero-order valence-corrected chi connectivity index (χ0v) is 10.8. The molecule has 0 aliphatic heterocycles. The van der Waals surface area contributed by atoms with Crippen molar-refractivity contribution in [2.45, 2.75) is 13.5 Å². The Morgan fingerprint density at radius 2 is 2.11 bits per heavy atom. The summed E-state index contributed by atoms with van der Waals surface area (Å²) in [6.07, 6.45) is 0. The van der Waals surface area contributed by atoms with E-state index in [1.54, 1.807) is 0 Å². The molecule has 0 radical (unpaired) electrons. The zero-order chi connectivity index (χ0) is 13.4. The maximum Gasteiger partial charge on any atom is 0.231 e. The molecule has 1 rings (SSSR count). The Morgan fingerprint density at radius 3 is 2.72 bits per heavy atom. The fraction of sp³-hybridized carbons (Fsp3) is 0.462. The second-order valence-electron chi connectivity index (χ2n) is 4.00. The lowest BCUT2D eigenvalue weighted by atomic mass is 10.2. The quantitative estimate of drug-likeness (QED) is 0.697. The number of carbonyl (C=O) groups excluding carboxylic acids is 1. The highest BCUT2D eigenvalue weighted by Crippen LogP contribution is 2.16. The molecule has 0 unspecified atom stereocenters. The number of rotatable bonds is 8. The summed E-state index contributed by atoms with van der Waals surface area (Å²) >= 11 is 0. The molecule has 0 fully saturated rings. The third-order valence-electron chi connectivity index (χ3n) is 2.68. The van der Waals surface area contributed by atoms with Crippen molar-refractivity contribution in [3.8, 4) is 5.75 Å². The third kappa shape index (κ3) is 4.73. The maximum atomic E-state index is 10.8. The summed E-state index contributed by atoms with van der Waals surface area (Å²) in [5.74, 6) is 0.481. The number of benzene rings is 1. The molecule has 5 heteroatoms. The predicted molar refractivity (Wildman–Crippen MR) is 71.1 cm³/mol. The highest BCUT2D eigenvalue weighted by Gasteiger charge is 2.06. The van der Waals surface area contributed by atoms with Gasteiger partial charge in [-0.05, 0) is 12.6 Å². The molecule has 1 aromatic rings. The van der Waals surface area contributed by atoms with Crippen LogP contribution in [0.1, 0.15) is 12.5 Å². The van der Waals surface area contributed by atoms with Crippen LogP contribution in [-0.4, -0.2) is 37.0 Å². The Bertz CT molecular complexity index is 382. The molecule has 1 amide bonds. The van der Waals surface area contributed by atoms with Gasteiger partial charge in [0.05, 0.1) is 6.54 Å². The van der Waals surface area contributed by atoms with Crippen molar-refractivity contribution in [1.82, 2.24) is 4.90 Å². The maximum absolute atomic E-state index is 10.8. The molecule has 4 N–H and O–H groups in total. The average Bonchev–Trinajstić information content (AvgIpc) is 2.37. The first-order chi connectivity index (χ1) is 8.67. The van der Waals surface area contributed by atoms with Crippen LogP contribution in [0.15, 0.2) is 24.3 Å². The van der Waals surface area contributed by atoms with E-state index in [4.69, 9.17) is 16.2 Å². The van der Waals surface area contributed by atoms with Gasteiger partial charge in [0.15, 0.2) is 0 Å². The van der Waals surface area contributed by atoms with Crippen molar-refractivity contribution in [2.24, 2.45) is 11.5 Å². The Balaban J connectivity index is 2.42. The molecule has 0 aromatic heterocycles. The summed E-state index contributed by atoms with van der Waals surface area (Å²) in [5.41, 5.74) is 11.8. The smallest absolute Gasteiger partial charge is 0.231 e. The fourth-order valence-electron chi connectivity index (χ4n) is 1.67. The monoisotopic (exact) mass is 251 g/mol. The molecule has 0 atom stereocenters. The van der Waals surface area contributed by atoms with E-state index >= 15 is 0 Å². The Hall–Kier alpha value is -1.59. The van der Waals surface area contributed by atoms with Crippen LogP contribution in [0, 0.1) is 0 Å². The van der Waals surface area contributed by atoms with Crippen LogP contribution in [0.5, 0.6) is 5.75 Å². The molecule has 0 aliphatic carbocycles. The number of amides is 1. The minimum atomic E-state index is -0.320. The molecular formula is C13H21N3O2. The van der Waals surface area contributed by atoms with E-state index in [0.717, 1.165) is 17.9 Å². The number of primary amides is 1. The van der Waals surface area contributed by atoms with Gasteiger partial charge in [0.2, 0.25) is 5.91 Å². The number of hydrogen-bond donors (Lipinski definition) is 2. The number of nitrogens with two attached hydrogens (primary N) is 2. The summed E-state index contributed by atoms with van der Waals surface area (Å²) in [4.78, 5) is 12.8. The van der Waals surface area contributed by atoms with Gasteiger partial charge in [-0.3, -0.25) is 9.69 Å². The molecule has 0 saturated heterocycles. The molecule has 100 valence electrons. The lowest BCUT2D eigenvalue weighted by molar-refractivity contribution is -0.119. The lowest BCUT2D eigenvalue weighted by Crippen LogP contribution is -2.36. The van der Waals surface area contributed by atoms with Gasteiger partial charge in [0, 0.05) is 18.7 Å². The second-order valence-corrected chi connectivity index (χ2v) is 4.00. The molecule has 0 aliphatic rings. The molecule has 0 spiro atoms.